The van der Waals surface area contributed by atoms with Crippen LogP contribution in [0, 0.1) is 17.8 Å². The molecule has 1 heteroatoms. The van der Waals surface area contributed by atoms with Crippen LogP contribution in [0.15, 0.2) is 47.6 Å². The van der Waals surface area contributed by atoms with E-state index in [-0.39, 0.29) is 0 Å². The van der Waals surface area contributed by atoms with E-state index in [0.717, 1.165) is 18.4 Å². The van der Waals surface area contributed by atoms with Crippen LogP contribution < -0.4 is 0 Å². The van der Waals surface area contributed by atoms with Gasteiger partial charge in [-0.2, -0.15) is 0 Å². The fourth-order valence-corrected chi connectivity index (χ4v) is 2.30. The second-order valence-corrected chi connectivity index (χ2v) is 11.1. The fourth-order valence-electron chi connectivity index (χ4n) is 2.30. The summed E-state index contributed by atoms with van der Waals surface area (Å²) in [7, 11) is 0. The second kappa shape index (κ2) is 23.1. The zero-order valence-corrected chi connectivity index (χ0v) is 24.2. The third-order valence-electron chi connectivity index (χ3n) is 4.63. The first-order valence-corrected chi connectivity index (χ1v) is 12.9. The van der Waals surface area contributed by atoms with E-state index in [9.17, 15) is 0 Å². The quantitative estimate of drug-likeness (QED) is 0.319. The average molecular weight is 449 g/mol. The Morgan fingerprint density at radius 1 is 0.719 bits per heavy atom. The first kappa shape index (κ1) is 35.5. The van der Waals surface area contributed by atoms with Crippen molar-refractivity contribution in [1.29, 1.82) is 0 Å². The highest BCUT2D eigenvalue weighted by atomic mass is 16.5. The van der Waals surface area contributed by atoms with Crippen LogP contribution in [0.3, 0.4) is 0 Å². The van der Waals surface area contributed by atoms with Crippen LogP contribution in [0.2, 0.25) is 0 Å². The van der Waals surface area contributed by atoms with Crippen molar-refractivity contribution in [1.82, 2.24) is 0 Å². The van der Waals surface area contributed by atoms with Gasteiger partial charge in [0.05, 0.1) is 6.10 Å². The molecule has 0 unspecified atom stereocenters. The van der Waals surface area contributed by atoms with Crippen LogP contribution >= 0.6 is 0 Å². The molecule has 0 N–H and O–H groups in total. The summed E-state index contributed by atoms with van der Waals surface area (Å²) in [5.41, 5.74) is 5.63. The number of allylic oxidation sites excluding steroid dienone is 6. The molecule has 0 bridgehead atoms. The van der Waals surface area contributed by atoms with Crippen LogP contribution in [0.25, 0.3) is 0 Å². The van der Waals surface area contributed by atoms with E-state index in [4.69, 9.17) is 4.74 Å². The van der Waals surface area contributed by atoms with Gasteiger partial charge in [-0.25, -0.2) is 0 Å². The third-order valence-corrected chi connectivity index (χ3v) is 4.63. The summed E-state index contributed by atoms with van der Waals surface area (Å²) >= 11 is 0. The molecule has 0 radical (unpaired) electrons. The maximum atomic E-state index is 5.30. The van der Waals surface area contributed by atoms with Crippen LogP contribution in [0.4, 0.5) is 0 Å². The molecule has 0 aromatic carbocycles. The Morgan fingerprint density at radius 2 is 1.06 bits per heavy atom. The predicted molar refractivity (Wildman–Crippen MR) is 150 cm³/mol. The molecule has 0 fully saturated rings. The smallest absolute Gasteiger partial charge is 0.0518 e. The van der Waals surface area contributed by atoms with Crippen molar-refractivity contribution in [3.05, 3.63) is 47.6 Å². The molecular weight excluding hydrogens is 388 g/mol. The summed E-state index contributed by atoms with van der Waals surface area (Å²) in [6, 6.07) is 0. The minimum Gasteiger partial charge on any atom is -0.379 e. The van der Waals surface area contributed by atoms with Crippen molar-refractivity contribution in [2.24, 2.45) is 17.8 Å². The van der Waals surface area contributed by atoms with Gasteiger partial charge in [0.1, 0.15) is 0 Å². The molecule has 0 spiro atoms. The van der Waals surface area contributed by atoms with E-state index >= 15 is 0 Å². The van der Waals surface area contributed by atoms with Crippen molar-refractivity contribution in [2.75, 3.05) is 6.61 Å². The average Bonchev–Trinajstić information content (AvgIpc) is 2.67. The lowest BCUT2D eigenvalue weighted by Crippen LogP contribution is -2.08. The van der Waals surface area contributed by atoms with Gasteiger partial charge in [-0.1, -0.05) is 76.0 Å². The highest BCUT2D eigenvalue weighted by molar-refractivity contribution is 5.20. The van der Waals surface area contributed by atoms with Crippen molar-refractivity contribution >= 4 is 0 Å². The summed E-state index contributed by atoms with van der Waals surface area (Å²) in [5.74, 6) is 2.32. The molecule has 0 aliphatic heterocycles. The van der Waals surface area contributed by atoms with E-state index in [1.807, 2.05) is 0 Å². The second-order valence-electron chi connectivity index (χ2n) is 11.1. The molecule has 190 valence electrons. The lowest BCUT2D eigenvalue weighted by Gasteiger charge is -2.08. The molecule has 0 heterocycles. The lowest BCUT2D eigenvalue weighted by molar-refractivity contribution is 0.0593. The molecule has 0 aromatic rings. The maximum Gasteiger partial charge on any atom is 0.0518 e. The van der Waals surface area contributed by atoms with Crippen LogP contribution in [0.5, 0.6) is 0 Å². The molecule has 32 heavy (non-hydrogen) atoms. The standard InChI is InChI=1S/C8H12.2C8H16.C7H16O/c1-7-3-5-8(2)6-4-7;2*1-7(2)5-6-8(3)4;1-6(2)5-8-7(3)4/h3,5H,4,6H2,1-2H3;2*8H,1,5-6H2,2-4H3;6-7H,5H2,1-4H3. The molecule has 1 aliphatic carbocycles. The van der Waals surface area contributed by atoms with Gasteiger partial charge in [0.25, 0.3) is 0 Å². The zero-order chi connectivity index (χ0) is 25.7. The SMILES string of the molecule is C=C(C)CCC(C)C.C=C(C)CCC(C)C.CC(C)COC(C)C.CC1=CC=C(C)CC1. The number of hydrogen-bond donors (Lipinski definition) is 0. The van der Waals surface area contributed by atoms with E-state index in [1.165, 1.54) is 60.8 Å². The molecule has 0 aromatic heterocycles. The van der Waals surface area contributed by atoms with Gasteiger partial charge in [-0.15, -0.1) is 13.2 Å². The van der Waals surface area contributed by atoms with E-state index in [0.29, 0.717) is 12.0 Å². The van der Waals surface area contributed by atoms with Crippen LogP contribution in [0.1, 0.15) is 122 Å². The monoisotopic (exact) mass is 448 g/mol. The first-order valence-electron chi connectivity index (χ1n) is 12.9. The Kier molecular flexibility index (Phi) is 25.6. The molecule has 0 atom stereocenters. The summed E-state index contributed by atoms with van der Waals surface area (Å²) < 4.78 is 5.30. The molecule has 1 rings (SSSR count). The molecule has 0 saturated carbocycles. The van der Waals surface area contributed by atoms with Gasteiger partial charge in [0, 0.05) is 6.61 Å². The van der Waals surface area contributed by atoms with Crippen molar-refractivity contribution < 1.29 is 4.74 Å². The minimum absolute atomic E-state index is 0.386. The van der Waals surface area contributed by atoms with Gasteiger partial charge in [0.15, 0.2) is 0 Å². The maximum absolute atomic E-state index is 5.30. The summed E-state index contributed by atoms with van der Waals surface area (Å²) in [4.78, 5) is 0. The normalized spacial score (nSPS) is 12.8. The number of ether oxygens (including phenoxy) is 1. The lowest BCUT2D eigenvalue weighted by atomic mass is 10.0. The predicted octanol–water partition coefficient (Wildman–Crippen LogP) is 10.7. The first-order chi connectivity index (χ1) is 14.7. The molecule has 1 nitrogen and oxygen atoms in total. The molecule has 0 saturated heterocycles. The van der Waals surface area contributed by atoms with Gasteiger partial charge in [-0.05, 0) is 97.8 Å². The van der Waals surface area contributed by atoms with Gasteiger partial charge < -0.3 is 4.74 Å². The van der Waals surface area contributed by atoms with Crippen molar-refractivity contribution in [3.8, 4) is 0 Å². The highest BCUT2D eigenvalue weighted by Gasteiger charge is 1.96. The number of rotatable bonds is 9. The van der Waals surface area contributed by atoms with Gasteiger partial charge >= 0.3 is 0 Å². The Hall–Kier alpha value is -1.08. The van der Waals surface area contributed by atoms with Crippen LogP contribution in [-0.2, 0) is 4.74 Å². The van der Waals surface area contributed by atoms with Crippen molar-refractivity contribution in [2.45, 2.75) is 128 Å². The van der Waals surface area contributed by atoms with Gasteiger partial charge in [0.2, 0.25) is 0 Å². The van der Waals surface area contributed by atoms with Crippen molar-refractivity contribution in [3.63, 3.8) is 0 Å². The Labute approximate surface area is 204 Å². The van der Waals surface area contributed by atoms with E-state index < -0.39 is 0 Å². The molecule has 1 aliphatic rings. The highest BCUT2D eigenvalue weighted by Crippen LogP contribution is 2.16. The Balaban J connectivity index is -0.000000350. The summed E-state index contributed by atoms with van der Waals surface area (Å²) in [6.45, 7) is 34.5. The fraction of sp³-hybridized carbons (Fsp3) is 0.742. The summed E-state index contributed by atoms with van der Waals surface area (Å²) in [5, 5.41) is 0. The Bertz CT molecular complexity index is 467. The van der Waals surface area contributed by atoms with Crippen LogP contribution in [-0.4, -0.2) is 12.7 Å². The zero-order valence-electron chi connectivity index (χ0n) is 24.2. The van der Waals surface area contributed by atoms with E-state index in [2.05, 4.69) is 108 Å². The Morgan fingerprint density at radius 3 is 1.19 bits per heavy atom. The molecule has 0 amide bonds. The summed E-state index contributed by atoms with van der Waals surface area (Å²) in [6.07, 6.45) is 12.3. The minimum atomic E-state index is 0.386. The largest absolute Gasteiger partial charge is 0.379 e. The van der Waals surface area contributed by atoms with Gasteiger partial charge in [-0.3, -0.25) is 0 Å². The molecular formula is C31H60O. The number of hydrogen-bond acceptors (Lipinski definition) is 1. The third kappa shape index (κ3) is 39.4. The van der Waals surface area contributed by atoms with E-state index in [1.54, 1.807) is 0 Å². The topological polar surface area (TPSA) is 9.23 Å².